The molecule has 2 heterocycles. The second-order valence-corrected chi connectivity index (χ2v) is 6.22. The van der Waals surface area contributed by atoms with Crippen LogP contribution >= 0.6 is 0 Å². The van der Waals surface area contributed by atoms with Crippen molar-refractivity contribution in [2.75, 3.05) is 13.7 Å². The minimum atomic E-state index is -0.585. The zero-order chi connectivity index (χ0) is 18.3. The molecule has 4 rings (SSSR count). The van der Waals surface area contributed by atoms with E-state index in [0.717, 1.165) is 28.5 Å². The minimum absolute atomic E-state index is 0.0895. The van der Waals surface area contributed by atoms with Gasteiger partial charge in [-0.05, 0) is 36.6 Å². The summed E-state index contributed by atoms with van der Waals surface area (Å²) in [5.74, 6) is 0.0823. The molecule has 0 aliphatic carbocycles. The number of hydrogen-bond acceptors (Lipinski definition) is 4. The number of nitrogens with zero attached hydrogens (tertiary/aromatic N) is 1. The van der Waals surface area contributed by atoms with E-state index in [1.165, 1.54) is 0 Å². The van der Waals surface area contributed by atoms with Gasteiger partial charge in [0.15, 0.2) is 0 Å². The van der Waals surface area contributed by atoms with Crippen LogP contribution in [-0.4, -0.2) is 24.3 Å². The van der Waals surface area contributed by atoms with Crippen molar-refractivity contribution in [3.8, 4) is 16.9 Å². The van der Waals surface area contributed by atoms with Crippen molar-refractivity contribution < 1.29 is 14.3 Å². The highest BCUT2D eigenvalue weighted by Gasteiger charge is 2.27. The van der Waals surface area contributed by atoms with Crippen molar-refractivity contribution >= 4 is 16.9 Å². The zero-order valence-corrected chi connectivity index (χ0v) is 14.7. The molecule has 3 aromatic rings. The predicted molar refractivity (Wildman–Crippen MR) is 99.9 cm³/mol. The van der Waals surface area contributed by atoms with Gasteiger partial charge in [0.1, 0.15) is 11.3 Å². The first-order chi connectivity index (χ1) is 12.7. The van der Waals surface area contributed by atoms with Crippen molar-refractivity contribution in [2.45, 2.75) is 19.9 Å². The highest BCUT2D eigenvalue weighted by molar-refractivity contribution is 6.08. The van der Waals surface area contributed by atoms with E-state index in [0.29, 0.717) is 17.9 Å². The van der Waals surface area contributed by atoms with Gasteiger partial charge in [0.2, 0.25) is 0 Å². The number of para-hydroxylation sites is 1. The Labute approximate surface area is 150 Å². The molecule has 0 bridgehead atoms. The molecule has 0 unspecified atom stereocenters. The highest BCUT2D eigenvalue weighted by atomic mass is 16.5. The molecule has 132 valence electrons. The standard InChI is InChI=1S/C21H19NO4/c1-3-26-21(24)18-17(14-7-4-8-15(12-14)25-2)16-9-5-6-13-10-11-22(19(13)16)20(18)23/h4-9,12H,3,10-11H2,1-2H3. The summed E-state index contributed by atoms with van der Waals surface area (Å²) in [5.41, 5.74) is 3.20. The fourth-order valence-corrected chi connectivity index (χ4v) is 3.71. The van der Waals surface area contributed by atoms with Gasteiger partial charge in [-0.1, -0.05) is 30.3 Å². The van der Waals surface area contributed by atoms with E-state index < -0.39 is 5.97 Å². The predicted octanol–water partition coefficient (Wildman–Crippen LogP) is 3.41. The normalized spacial score (nSPS) is 12.4. The van der Waals surface area contributed by atoms with Crippen molar-refractivity contribution in [1.82, 2.24) is 4.57 Å². The Bertz CT molecular complexity index is 1080. The van der Waals surface area contributed by atoms with E-state index >= 15 is 0 Å². The monoisotopic (exact) mass is 349 g/mol. The van der Waals surface area contributed by atoms with Gasteiger partial charge in [0, 0.05) is 17.5 Å². The van der Waals surface area contributed by atoms with Crippen LogP contribution in [0.4, 0.5) is 0 Å². The van der Waals surface area contributed by atoms with Crippen molar-refractivity contribution in [3.05, 3.63) is 63.9 Å². The van der Waals surface area contributed by atoms with Crippen molar-refractivity contribution in [2.24, 2.45) is 0 Å². The number of aryl methyl sites for hydroxylation is 2. The molecule has 0 atom stereocenters. The summed E-state index contributed by atoms with van der Waals surface area (Å²) in [6.07, 6.45) is 0.788. The third-order valence-corrected chi connectivity index (χ3v) is 4.81. The van der Waals surface area contributed by atoms with Crippen LogP contribution in [0.3, 0.4) is 0 Å². The Hall–Kier alpha value is -3.08. The molecular weight excluding hydrogens is 330 g/mol. The Morgan fingerprint density at radius 3 is 2.77 bits per heavy atom. The van der Waals surface area contributed by atoms with E-state index in [9.17, 15) is 9.59 Å². The molecular formula is C21H19NO4. The van der Waals surface area contributed by atoms with Gasteiger partial charge in [0.05, 0.1) is 19.2 Å². The van der Waals surface area contributed by atoms with Crippen LogP contribution in [-0.2, 0) is 17.7 Å². The fraction of sp³-hybridized carbons (Fsp3) is 0.238. The molecule has 0 N–H and O–H groups in total. The molecule has 0 saturated heterocycles. The number of aromatic nitrogens is 1. The number of esters is 1. The summed E-state index contributed by atoms with van der Waals surface area (Å²) in [4.78, 5) is 25.8. The summed E-state index contributed by atoms with van der Waals surface area (Å²) in [5, 5.41) is 0.885. The number of pyridine rings is 1. The van der Waals surface area contributed by atoms with E-state index in [-0.39, 0.29) is 17.7 Å². The number of rotatable bonds is 4. The van der Waals surface area contributed by atoms with Gasteiger partial charge in [-0.3, -0.25) is 4.79 Å². The molecule has 5 heteroatoms. The maximum atomic E-state index is 13.1. The van der Waals surface area contributed by atoms with Gasteiger partial charge >= 0.3 is 5.97 Å². The Morgan fingerprint density at radius 1 is 1.19 bits per heavy atom. The lowest BCUT2D eigenvalue weighted by Gasteiger charge is -2.15. The summed E-state index contributed by atoms with van der Waals surface area (Å²) in [6, 6.07) is 13.4. The van der Waals surface area contributed by atoms with Crippen LogP contribution in [0.5, 0.6) is 5.75 Å². The third-order valence-electron chi connectivity index (χ3n) is 4.81. The molecule has 2 aromatic carbocycles. The molecule has 0 radical (unpaired) electrons. The van der Waals surface area contributed by atoms with Gasteiger partial charge in [-0.25, -0.2) is 4.79 Å². The maximum Gasteiger partial charge on any atom is 0.344 e. The number of carbonyl (C=O) groups excluding carboxylic acids is 1. The van der Waals surface area contributed by atoms with Crippen LogP contribution in [0.1, 0.15) is 22.8 Å². The minimum Gasteiger partial charge on any atom is -0.497 e. The molecule has 0 amide bonds. The fourth-order valence-electron chi connectivity index (χ4n) is 3.71. The Balaban J connectivity index is 2.14. The summed E-state index contributed by atoms with van der Waals surface area (Å²) >= 11 is 0. The lowest BCUT2D eigenvalue weighted by atomic mass is 9.95. The smallest absolute Gasteiger partial charge is 0.344 e. The lowest BCUT2D eigenvalue weighted by Crippen LogP contribution is -2.27. The van der Waals surface area contributed by atoms with E-state index in [1.807, 2.05) is 42.5 Å². The molecule has 1 aromatic heterocycles. The van der Waals surface area contributed by atoms with Crippen LogP contribution in [0.2, 0.25) is 0 Å². The first-order valence-corrected chi connectivity index (χ1v) is 8.65. The SMILES string of the molecule is CCOC(=O)c1c(-c2cccc(OC)c2)c2cccc3c2n(c1=O)CC3. The maximum absolute atomic E-state index is 13.1. The lowest BCUT2D eigenvalue weighted by molar-refractivity contribution is 0.0525. The molecule has 0 fully saturated rings. The van der Waals surface area contributed by atoms with Gasteiger partial charge in [-0.15, -0.1) is 0 Å². The van der Waals surface area contributed by atoms with Gasteiger partial charge < -0.3 is 14.0 Å². The van der Waals surface area contributed by atoms with Crippen molar-refractivity contribution in [3.63, 3.8) is 0 Å². The van der Waals surface area contributed by atoms with Gasteiger partial charge in [-0.2, -0.15) is 0 Å². The van der Waals surface area contributed by atoms with Crippen LogP contribution in [0.25, 0.3) is 22.0 Å². The van der Waals surface area contributed by atoms with Crippen LogP contribution in [0.15, 0.2) is 47.3 Å². The zero-order valence-electron chi connectivity index (χ0n) is 14.7. The number of carbonyl (C=O) groups is 1. The first-order valence-electron chi connectivity index (χ1n) is 8.65. The summed E-state index contributed by atoms with van der Waals surface area (Å²) in [7, 11) is 1.59. The van der Waals surface area contributed by atoms with Crippen LogP contribution < -0.4 is 10.3 Å². The van der Waals surface area contributed by atoms with Gasteiger partial charge in [0.25, 0.3) is 5.56 Å². The highest BCUT2D eigenvalue weighted by Crippen LogP contribution is 2.36. The Morgan fingerprint density at radius 2 is 2.00 bits per heavy atom. The number of methoxy groups -OCH3 is 1. The van der Waals surface area contributed by atoms with E-state index in [1.54, 1.807) is 18.6 Å². The molecule has 1 aliphatic heterocycles. The quantitative estimate of drug-likeness (QED) is 0.677. The molecule has 1 aliphatic rings. The topological polar surface area (TPSA) is 57.5 Å². The Kier molecular flexibility index (Phi) is 3.99. The van der Waals surface area contributed by atoms with E-state index in [2.05, 4.69) is 0 Å². The second-order valence-electron chi connectivity index (χ2n) is 6.22. The molecule has 5 nitrogen and oxygen atoms in total. The summed E-state index contributed by atoms with van der Waals surface area (Å²) in [6.45, 7) is 2.53. The number of ether oxygens (including phenoxy) is 2. The first kappa shape index (κ1) is 16.4. The number of hydrogen-bond donors (Lipinski definition) is 0. The average molecular weight is 349 g/mol. The van der Waals surface area contributed by atoms with Crippen molar-refractivity contribution in [1.29, 1.82) is 0 Å². The number of benzene rings is 2. The molecule has 0 spiro atoms. The average Bonchev–Trinajstić information content (AvgIpc) is 3.10. The molecule has 26 heavy (non-hydrogen) atoms. The second kappa shape index (κ2) is 6.33. The third kappa shape index (κ3) is 2.39. The van der Waals surface area contributed by atoms with E-state index in [4.69, 9.17) is 9.47 Å². The molecule has 0 saturated carbocycles. The van der Waals surface area contributed by atoms with Crippen LogP contribution in [0, 0.1) is 0 Å². The summed E-state index contributed by atoms with van der Waals surface area (Å²) < 4.78 is 12.2. The largest absolute Gasteiger partial charge is 0.497 e.